The summed E-state index contributed by atoms with van der Waals surface area (Å²) in [6, 6.07) is 7.81. The van der Waals surface area contributed by atoms with Crippen molar-refractivity contribution in [2.75, 3.05) is 13.2 Å². The number of hydrogen-bond donors (Lipinski definition) is 1. The van der Waals surface area contributed by atoms with Crippen molar-refractivity contribution in [3.8, 4) is 11.5 Å². The minimum Gasteiger partial charge on any atom is -0.490 e. The van der Waals surface area contributed by atoms with Gasteiger partial charge in [0.15, 0.2) is 11.5 Å². The summed E-state index contributed by atoms with van der Waals surface area (Å²) in [7, 11) is 0. The summed E-state index contributed by atoms with van der Waals surface area (Å²) < 4.78 is 11.1. The standard InChI is InChI=1S/C12H18O2.H3N/c1-3-9-13-11-7-5-6-8-12(11)14-10-4-2;/h5-8H,3-4,9-10H2,1-2H3;1H3. The zero-order valence-electron chi connectivity index (χ0n) is 9.66. The van der Waals surface area contributed by atoms with Crippen molar-refractivity contribution in [2.45, 2.75) is 26.7 Å². The molecule has 1 aromatic rings. The second-order valence-electron chi connectivity index (χ2n) is 3.14. The average molecular weight is 211 g/mol. The van der Waals surface area contributed by atoms with E-state index in [0.717, 1.165) is 37.6 Å². The molecule has 15 heavy (non-hydrogen) atoms. The fourth-order valence-electron chi connectivity index (χ4n) is 1.11. The summed E-state index contributed by atoms with van der Waals surface area (Å²) >= 11 is 0. The second-order valence-corrected chi connectivity index (χ2v) is 3.14. The van der Waals surface area contributed by atoms with Crippen molar-refractivity contribution in [2.24, 2.45) is 0 Å². The molecule has 0 aliphatic carbocycles. The van der Waals surface area contributed by atoms with Crippen molar-refractivity contribution < 1.29 is 9.47 Å². The lowest BCUT2D eigenvalue weighted by atomic mass is 10.3. The Bertz CT molecular complexity index is 237. The number of ether oxygens (including phenoxy) is 2. The lowest BCUT2D eigenvalue weighted by Crippen LogP contribution is -2.00. The van der Waals surface area contributed by atoms with Gasteiger partial charge in [-0.15, -0.1) is 0 Å². The number of para-hydroxylation sites is 2. The quantitative estimate of drug-likeness (QED) is 0.784. The Balaban J connectivity index is 0.00000196. The van der Waals surface area contributed by atoms with E-state index in [2.05, 4.69) is 13.8 Å². The van der Waals surface area contributed by atoms with Gasteiger partial charge in [-0.25, -0.2) is 0 Å². The number of benzene rings is 1. The van der Waals surface area contributed by atoms with E-state index in [4.69, 9.17) is 9.47 Å². The number of hydrogen-bond acceptors (Lipinski definition) is 3. The summed E-state index contributed by atoms with van der Waals surface area (Å²) in [5.74, 6) is 1.70. The Kier molecular flexibility index (Phi) is 7.46. The van der Waals surface area contributed by atoms with Crippen molar-refractivity contribution in [1.82, 2.24) is 6.15 Å². The molecule has 0 spiro atoms. The maximum Gasteiger partial charge on any atom is 0.161 e. The predicted molar refractivity (Wildman–Crippen MR) is 63.0 cm³/mol. The van der Waals surface area contributed by atoms with E-state index < -0.39 is 0 Å². The fraction of sp³-hybridized carbons (Fsp3) is 0.500. The van der Waals surface area contributed by atoms with Crippen molar-refractivity contribution >= 4 is 0 Å². The lowest BCUT2D eigenvalue weighted by Gasteiger charge is -2.11. The lowest BCUT2D eigenvalue weighted by molar-refractivity contribution is 0.268. The molecule has 86 valence electrons. The van der Waals surface area contributed by atoms with Crippen LogP contribution in [0.15, 0.2) is 24.3 Å². The van der Waals surface area contributed by atoms with Crippen LogP contribution in [-0.4, -0.2) is 13.2 Å². The van der Waals surface area contributed by atoms with E-state index in [1.807, 2.05) is 24.3 Å². The third-order valence-corrected chi connectivity index (χ3v) is 1.77. The van der Waals surface area contributed by atoms with Gasteiger partial charge in [0.1, 0.15) is 0 Å². The Hall–Kier alpha value is -1.22. The molecule has 0 radical (unpaired) electrons. The van der Waals surface area contributed by atoms with Gasteiger partial charge in [0.2, 0.25) is 0 Å². The molecular formula is C12H21NO2. The molecule has 1 rings (SSSR count). The number of rotatable bonds is 6. The van der Waals surface area contributed by atoms with Crippen LogP contribution in [0, 0.1) is 0 Å². The monoisotopic (exact) mass is 211 g/mol. The maximum atomic E-state index is 5.56. The summed E-state index contributed by atoms with van der Waals surface area (Å²) in [5.41, 5.74) is 0. The highest BCUT2D eigenvalue weighted by atomic mass is 16.5. The highest BCUT2D eigenvalue weighted by molar-refractivity contribution is 5.39. The minimum atomic E-state index is 0. The molecule has 0 bridgehead atoms. The van der Waals surface area contributed by atoms with Crippen LogP contribution in [0.4, 0.5) is 0 Å². The van der Waals surface area contributed by atoms with Gasteiger partial charge in [-0.2, -0.15) is 0 Å². The first-order chi connectivity index (χ1) is 6.88. The van der Waals surface area contributed by atoms with Crippen LogP contribution in [0.5, 0.6) is 11.5 Å². The van der Waals surface area contributed by atoms with E-state index in [0.29, 0.717) is 0 Å². The zero-order valence-corrected chi connectivity index (χ0v) is 9.66. The highest BCUT2D eigenvalue weighted by Crippen LogP contribution is 2.26. The zero-order chi connectivity index (χ0) is 10.2. The molecule has 0 saturated heterocycles. The normalized spacial score (nSPS) is 9.20. The molecule has 0 unspecified atom stereocenters. The molecule has 0 fully saturated rings. The summed E-state index contributed by atoms with van der Waals surface area (Å²) in [5, 5.41) is 0. The average Bonchev–Trinajstić information content (AvgIpc) is 2.24. The van der Waals surface area contributed by atoms with E-state index >= 15 is 0 Å². The van der Waals surface area contributed by atoms with Crippen LogP contribution in [-0.2, 0) is 0 Å². The maximum absolute atomic E-state index is 5.56. The van der Waals surface area contributed by atoms with Gasteiger partial charge in [0.05, 0.1) is 13.2 Å². The van der Waals surface area contributed by atoms with Crippen molar-refractivity contribution in [3.05, 3.63) is 24.3 Å². The minimum absolute atomic E-state index is 0. The fourth-order valence-corrected chi connectivity index (χ4v) is 1.11. The van der Waals surface area contributed by atoms with E-state index in [1.165, 1.54) is 0 Å². The van der Waals surface area contributed by atoms with Gasteiger partial charge in [0.25, 0.3) is 0 Å². The molecule has 1 aromatic carbocycles. The highest BCUT2D eigenvalue weighted by Gasteiger charge is 2.02. The van der Waals surface area contributed by atoms with Gasteiger partial charge in [-0.05, 0) is 25.0 Å². The van der Waals surface area contributed by atoms with Crippen molar-refractivity contribution in [3.63, 3.8) is 0 Å². The van der Waals surface area contributed by atoms with Crippen LogP contribution in [0.3, 0.4) is 0 Å². The first-order valence-corrected chi connectivity index (χ1v) is 5.23. The third kappa shape index (κ3) is 4.70. The molecular weight excluding hydrogens is 190 g/mol. The van der Waals surface area contributed by atoms with Gasteiger partial charge < -0.3 is 15.6 Å². The summed E-state index contributed by atoms with van der Waals surface area (Å²) in [4.78, 5) is 0. The molecule has 0 heterocycles. The molecule has 0 aliphatic rings. The molecule has 0 aliphatic heterocycles. The predicted octanol–water partition coefficient (Wildman–Crippen LogP) is 3.43. The van der Waals surface area contributed by atoms with Gasteiger partial charge in [-0.3, -0.25) is 0 Å². The largest absolute Gasteiger partial charge is 0.490 e. The van der Waals surface area contributed by atoms with Crippen LogP contribution >= 0.6 is 0 Å². The van der Waals surface area contributed by atoms with E-state index in [-0.39, 0.29) is 6.15 Å². The second kappa shape index (κ2) is 8.12. The van der Waals surface area contributed by atoms with Crippen molar-refractivity contribution in [1.29, 1.82) is 0 Å². The van der Waals surface area contributed by atoms with Gasteiger partial charge in [-0.1, -0.05) is 26.0 Å². The smallest absolute Gasteiger partial charge is 0.161 e. The molecule has 0 atom stereocenters. The third-order valence-electron chi connectivity index (χ3n) is 1.77. The SMILES string of the molecule is CCCOc1ccccc1OCCC.N. The topological polar surface area (TPSA) is 53.5 Å². The van der Waals surface area contributed by atoms with E-state index in [9.17, 15) is 0 Å². The van der Waals surface area contributed by atoms with Gasteiger partial charge >= 0.3 is 0 Å². The van der Waals surface area contributed by atoms with Crippen LogP contribution < -0.4 is 15.6 Å². The Morgan fingerprint density at radius 1 is 0.867 bits per heavy atom. The first kappa shape index (κ1) is 13.8. The molecule has 3 N–H and O–H groups in total. The summed E-state index contributed by atoms with van der Waals surface area (Å²) in [6.45, 7) is 5.67. The molecule has 0 aromatic heterocycles. The summed E-state index contributed by atoms with van der Waals surface area (Å²) in [6.07, 6.45) is 2.03. The Morgan fingerprint density at radius 2 is 1.27 bits per heavy atom. The Labute approximate surface area is 92.0 Å². The first-order valence-electron chi connectivity index (χ1n) is 5.23. The van der Waals surface area contributed by atoms with Gasteiger partial charge in [0, 0.05) is 0 Å². The van der Waals surface area contributed by atoms with E-state index in [1.54, 1.807) is 0 Å². The van der Waals surface area contributed by atoms with Crippen LogP contribution in [0.2, 0.25) is 0 Å². The van der Waals surface area contributed by atoms with Crippen LogP contribution in [0.25, 0.3) is 0 Å². The molecule has 0 saturated carbocycles. The Morgan fingerprint density at radius 3 is 1.60 bits per heavy atom. The van der Waals surface area contributed by atoms with Crippen LogP contribution in [0.1, 0.15) is 26.7 Å². The molecule has 0 amide bonds. The molecule has 3 nitrogen and oxygen atoms in total. The molecule has 3 heteroatoms.